The standard InChI is InChI=1S/C16H19N3OS/c1-10(20)13-4-2-3-5-14(13)21-16-18-17-15(11-6-7-11)19(16)12-8-9-12/h2-5,10-12,20H,6-9H2,1H3/t10-/m0/s1. The molecule has 4 nitrogen and oxygen atoms in total. The Morgan fingerprint density at radius 1 is 1.19 bits per heavy atom. The molecule has 0 bridgehead atoms. The van der Waals surface area contributed by atoms with Gasteiger partial charge in [-0.25, -0.2) is 0 Å². The van der Waals surface area contributed by atoms with Gasteiger partial charge < -0.3 is 9.67 Å². The highest BCUT2D eigenvalue weighted by Crippen LogP contribution is 2.47. The quantitative estimate of drug-likeness (QED) is 0.915. The summed E-state index contributed by atoms with van der Waals surface area (Å²) < 4.78 is 2.35. The normalized spacial score (nSPS) is 19.7. The Hall–Kier alpha value is -1.33. The fourth-order valence-electron chi connectivity index (χ4n) is 2.67. The summed E-state index contributed by atoms with van der Waals surface area (Å²) in [5.41, 5.74) is 0.959. The molecule has 2 aliphatic carbocycles. The first-order valence-corrected chi connectivity index (χ1v) is 8.45. The van der Waals surface area contributed by atoms with E-state index in [1.807, 2.05) is 18.2 Å². The summed E-state index contributed by atoms with van der Waals surface area (Å²) in [5, 5.41) is 19.8. The molecule has 0 radical (unpaired) electrons. The first kappa shape index (κ1) is 13.3. The molecule has 2 fully saturated rings. The summed E-state index contributed by atoms with van der Waals surface area (Å²) in [6, 6.07) is 8.60. The van der Waals surface area contributed by atoms with E-state index in [1.165, 1.54) is 31.5 Å². The minimum atomic E-state index is -0.464. The van der Waals surface area contributed by atoms with Gasteiger partial charge in [0.05, 0.1) is 6.10 Å². The molecule has 0 aliphatic heterocycles. The molecule has 110 valence electrons. The lowest BCUT2D eigenvalue weighted by molar-refractivity contribution is 0.196. The Kier molecular flexibility index (Phi) is 3.27. The second kappa shape index (κ2) is 5.14. The maximum atomic E-state index is 9.92. The molecular formula is C16H19N3OS. The van der Waals surface area contributed by atoms with Crippen LogP contribution in [0.25, 0.3) is 0 Å². The van der Waals surface area contributed by atoms with Gasteiger partial charge in [-0.3, -0.25) is 0 Å². The van der Waals surface area contributed by atoms with Crippen LogP contribution in [-0.2, 0) is 0 Å². The topological polar surface area (TPSA) is 50.9 Å². The second-order valence-electron chi connectivity index (χ2n) is 6.03. The van der Waals surface area contributed by atoms with Crippen LogP contribution in [0, 0.1) is 0 Å². The summed E-state index contributed by atoms with van der Waals surface area (Å²) in [4.78, 5) is 1.07. The van der Waals surface area contributed by atoms with Crippen LogP contribution < -0.4 is 0 Å². The van der Waals surface area contributed by atoms with Crippen molar-refractivity contribution in [3.05, 3.63) is 35.7 Å². The Balaban J connectivity index is 1.68. The van der Waals surface area contributed by atoms with Crippen LogP contribution in [0.2, 0.25) is 0 Å². The van der Waals surface area contributed by atoms with Crippen molar-refractivity contribution < 1.29 is 5.11 Å². The van der Waals surface area contributed by atoms with Crippen molar-refractivity contribution in [3.63, 3.8) is 0 Å². The van der Waals surface area contributed by atoms with Crippen molar-refractivity contribution in [2.45, 2.75) is 60.7 Å². The zero-order valence-electron chi connectivity index (χ0n) is 12.1. The molecule has 2 saturated carbocycles. The van der Waals surface area contributed by atoms with Crippen molar-refractivity contribution >= 4 is 11.8 Å². The van der Waals surface area contributed by atoms with Crippen LogP contribution in [0.5, 0.6) is 0 Å². The number of benzene rings is 1. The van der Waals surface area contributed by atoms with Crippen LogP contribution in [-0.4, -0.2) is 19.9 Å². The van der Waals surface area contributed by atoms with E-state index in [0.29, 0.717) is 12.0 Å². The second-order valence-corrected chi connectivity index (χ2v) is 7.04. The Bertz CT molecular complexity index is 659. The monoisotopic (exact) mass is 301 g/mol. The highest BCUT2D eigenvalue weighted by molar-refractivity contribution is 7.99. The van der Waals surface area contributed by atoms with Crippen molar-refractivity contribution in [2.75, 3.05) is 0 Å². The summed E-state index contributed by atoms with van der Waals surface area (Å²) in [6.45, 7) is 1.81. The van der Waals surface area contributed by atoms with Crippen molar-refractivity contribution in [1.82, 2.24) is 14.8 Å². The minimum Gasteiger partial charge on any atom is -0.389 e. The molecule has 2 aromatic rings. The highest BCUT2D eigenvalue weighted by Gasteiger charge is 2.36. The average molecular weight is 301 g/mol. The summed E-state index contributed by atoms with van der Waals surface area (Å²) >= 11 is 1.63. The van der Waals surface area contributed by atoms with E-state index >= 15 is 0 Å². The Morgan fingerprint density at radius 3 is 2.62 bits per heavy atom. The molecular weight excluding hydrogens is 282 g/mol. The van der Waals surface area contributed by atoms with Crippen LogP contribution in [0.4, 0.5) is 0 Å². The molecule has 5 heteroatoms. The highest BCUT2D eigenvalue weighted by atomic mass is 32.2. The lowest BCUT2D eigenvalue weighted by Gasteiger charge is -2.12. The van der Waals surface area contributed by atoms with Crippen molar-refractivity contribution in [3.8, 4) is 0 Å². The van der Waals surface area contributed by atoms with E-state index in [2.05, 4.69) is 20.8 Å². The van der Waals surface area contributed by atoms with E-state index in [1.54, 1.807) is 18.7 Å². The van der Waals surface area contributed by atoms with Gasteiger partial charge in [0.25, 0.3) is 0 Å². The van der Waals surface area contributed by atoms with Crippen LogP contribution >= 0.6 is 11.8 Å². The number of aliphatic hydroxyl groups excluding tert-OH is 1. The first-order valence-electron chi connectivity index (χ1n) is 7.63. The molecule has 1 atom stereocenters. The predicted molar refractivity (Wildman–Crippen MR) is 81.5 cm³/mol. The maximum absolute atomic E-state index is 9.92. The Morgan fingerprint density at radius 2 is 1.95 bits per heavy atom. The van der Waals surface area contributed by atoms with Gasteiger partial charge in [-0.2, -0.15) is 0 Å². The van der Waals surface area contributed by atoms with Crippen molar-refractivity contribution in [2.24, 2.45) is 0 Å². The molecule has 0 spiro atoms. The van der Waals surface area contributed by atoms with E-state index in [-0.39, 0.29) is 0 Å². The van der Waals surface area contributed by atoms with Crippen LogP contribution in [0.3, 0.4) is 0 Å². The molecule has 4 rings (SSSR count). The summed E-state index contributed by atoms with van der Waals surface area (Å²) in [7, 11) is 0. The predicted octanol–water partition coefficient (Wildman–Crippen LogP) is 3.69. The van der Waals surface area contributed by atoms with Crippen LogP contribution in [0.15, 0.2) is 34.3 Å². The van der Waals surface area contributed by atoms with Gasteiger partial charge in [0.1, 0.15) is 5.82 Å². The van der Waals surface area contributed by atoms with E-state index < -0.39 is 6.10 Å². The van der Waals surface area contributed by atoms with Gasteiger partial charge in [-0.15, -0.1) is 10.2 Å². The zero-order valence-corrected chi connectivity index (χ0v) is 12.9. The lowest BCUT2D eigenvalue weighted by Crippen LogP contribution is -2.02. The van der Waals surface area contributed by atoms with Gasteiger partial charge in [0, 0.05) is 16.9 Å². The minimum absolute atomic E-state index is 0.464. The molecule has 1 aromatic carbocycles. The van der Waals surface area contributed by atoms with Crippen LogP contribution in [0.1, 0.15) is 62.1 Å². The molecule has 0 saturated heterocycles. The van der Waals surface area contributed by atoms with Gasteiger partial charge in [0.2, 0.25) is 0 Å². The Labute approximate surface area is 128 Å². The van der Waals surface area contributed by atoms with Crippen molar-refractivity contribution in [1.29, 1.82) is 0 Å². The van der Waals surface area contributed by atoms with E-state index in [0.717, 1.165) is 15.6 Å². The third-order valence-corrected chi connectivity index (χ3v) is 5.17. The maximum Gasteiger partial charge on any atom is 0.196 e. The third kappa shape index (κ3) is 2.60. The van der Waals surface area contributed by atoms with Gasteiger partial charge in [0.15, 0.2) is 5.16 Å². The molecule has 2 aliphatic rings. The summed E-state index contributed by atoms with van der Waals surface area (Å²) in [5.74, 6) is 1.80. The first-order chi connectivity index (χ1) is 10.2. The SMILES string of the molecule is C[C@H](O)c1ccccc1Sc1nnc(C2CC2)n1C1CC1. The zero-order chi connectivity index (χ0) is 14.4. The lowest BCUT2D eigenvalue weighted by atomic mass is 10.1. The van der Waals surface area contributed by atoms with E-state index in [9.17, 15) is 5.11 Å². The number of hydrogen-bond donors (Lipinski definition) is 1. The fourth-order valence-corrected chi connectivity index (χ4v) is 3.79. The third-order valence-electron chi connectivity index (χ3n) is 4.12. The molecule has 1 aromatic heterocycles. The van der Waals surface area contributed by atoms with E-state index in [4.69, 9.17) is 0 Å². The van der Waals surface area contributed by atoms with Gasteiger partial charge >= 0.3 is 0 Å². The molecule has 21 heavy (non-hydrogen) atoms. The number of hydrogen-bond acceptors (Lipinski definition) is 4. The molecule has 1 N–H and O–H groups in total. The largest absolute Gasteiger partial charge is 0.389 e. The molecule has 1 heterocycles. The average Bonchev–Trinajstić information content (AvgIpc) is 3.39. The number of rotatable bonds is 5. The van der Waals surface area contributed by atoms with Gasteiger partial charge in [-0.1, -0.05) is 18.2 Å². The number of aromatic nitrogens is 3. The number of nitrogens with zero attached hydrogens (tertiary/aromatic N) is 3. The fraction of sp³-hybridized carbons (Fsp3) is 0.500. The molecule has 0 amide bonds. The smallest absolute Gasteiger partial charge is 0.196 e. The number of aliphatic hydroxyl groups is 1. The summed E-state index contributed by atoms with van der Waals surface area (Å²) in [6.07, 6.45) is 4.51. The van der Waals surface area contributed by atoms with Gasteiger partial charge in [-0.05, 0) is 56.0 Å². The molecule has 0 unspecified atom stereocenters.